The Balaban J connectivity index is 1.95. The quantitative estimate of drug-likeness (QED) is 0.761. The molecule has 2 rings (SSSR count). The Morgan fingerprint density at radius 3 is 2.89 bits per heavy atom. The Hall–Kier alpha value is -0.950. The van der Waals surface area contributed by atoms with Crippen LogP contribution < -0.4 is 5.32 Å². The van der Waals surface area contributed by atoms with E-state index in [0.717, 1.165) is 12.2 Å². The van der Waals surface area contributed by atoms with Gasteiger partial charge in [0.2, 0.25) is 0 Å². The fraction of sp³-hybridized carbons (Fsp3) is 0.818. The zero-order valence-corrected chi connectivity index (χ0v) is 11.1. The number of thioether (sulfide) groups is 1. The van der Waals surface area contributed by atoms with E-state index < -0.39 is 12.0 Å². The third-order valence-electron chi connectivity index (χ3n) is 3.36. The molecule has 3 atom stereocenters. The summed E-state index contributed by atoms with van der Waals surface area (Å²) in [5, 5.41) is 12.0. The van der Waals surface area contributed by atoms with Crippen LogP contribution in [0.1, 0.15) is 13.3 Å². The van der Waals surface area contributed by atoms with Crippen molar-refractivity contribution < 1.29 is 19.4 Å². The second-order valence-corrected chi connectivity index (χ2v) is 5.69. The van der Waals surface area contributed by atoms with Gasteiger partial charge in [0.05, 0.1) is 12.1 Å². The molecule has 2 fully saturated rings. The summed E-state index contributed by atoms with van der Waals surface area (Å²) >= 11 is 1.57. The smallest absolute Gasteiger partial charge is 0.327 e. The van der Waals surface area contributed by atoms with E-state index in [9.17, 15) is 9.59 Å². The molecule has 2 aliphatic heterocycles. The third kappa shape index (κ3) is 2.89. The lowest BCUT2D eigenvalue weighted by atomic mass is 10.1. The highest BCUT2D eigenvalue weighted by Gasteiger charge is 2.34. The number of carboxylic acids is 1. The average molecular weight is 274 g/mol. The number of hydrogen-bond acceptors (Lipinski definition) is 4. The van der Waals surface area contributed by atoms with Crippen molar-refractivity contribution >= 4 is 23.8 Å². The van der Waals surface area contributed by atoms with E-state index >= 15 is 0 Å². The number of ether oxygens (including phenoxy) is 1. The molecule has 0 aromatic heterocycles. The van der Waals surface area contributed by atoms with Crippen LogP contribution in [-0.2, 0) is 9.53 Å². The number of carbonyl (C=O) groups excluding carboxylic acids is 1. The molecular formula is C11H18N2O4S. The van der Waals surface area contributed by atoms with Crippen molar-refractivity contribution in [3.8, 4) is 0 Å². The number of carboxylic acid groups (broad SMARTS) is 1. The van der Waals surface area contributed by atoms with Crippen molar-refractivity contribution in [2.45, 2.75) is 31.5 Å². The maximum Gasteiger partial charge on any atom is 0.327 e. The summed E-state index contributed by atoms with van der Waals surface area (Å²) in [6.45, 7) is 3.04. The van der Waals surface area contributed by atoms with Crippen LogP contribution >= 0.6 is 11.8 Å². The topological polar surface area (TPSA) is 78.9 Å². The minimum absolute atomic E-state index is 0.00334. The summed E-state index contributed by atoms with van der Waals surface area (Å²) < 4.78 is 5.37. The number of hydrogen-bond donors (Lipinski definition) is 2. The Morgan fingerprint density at radius 2 is 2.28 bits per heavy atom. The normalized spacial score (nSPS) is 32.3. The highest BCUT2D eigenvalue weighted by atomic mass is 32.2. The lowest BCUT2D eigenvalue weighted by Gasteiger charge is -2.33. The minimum Gasteiger partial charge on any atom is -0.480 e. The number of nitrogens with one attached hydrogen (secondary N) is 1. The van der Waals surface area contributed by atoms with Gasteiger partial charge in [-0.15, -0.1) is 0 Å². The highest BCUT2D eigenvalue weighted by Crippen LogP contribution is 2.18. The first-order valence-corrected chi connectivity index (χ1v) is 7.24. The number of amides is 2. The van der Waals surface area contributed by atoms with Crippen LogP contribution in [0.2, 0.25) is 0 Å². The van der Waals surface area contributed by atoms with Crippen molar-refractivity contribution in [2.24, 2.45) is 0 Å². The van der Waals surface area contributed by atoms with E-state index in [2.05, 4.69) is 5.32 Å². The molecular weight excluding hydrogens is 256 g/mol. The molecule has 2 amide bonds. The summed E-state index contributed by atoms with van der Waals surface area (Å²) in [5.41, 5.74) is 0. The van der Waals surface area contributed by atoms with E-state index in [1.54, 1.807) is 11.8 Å². The summed E-state index contributed by atoms with van der Waals surface area (Å²) in [4.78, 5) is 24.6. The molecule has 0 radical (unpaired) electrons. The number of urea groups is 1. The number of aliphatic carboxylic acids is 1. The van der Waals surface area contributed by atoms with Crippen LogP contribution in [0.15, 0.2) is 0 Å². The summed E-state index contributed by atoms with van der Waals surface area (Å²) in [6, 6.07) is -1.02. The largest absolute Gasteiger partial charge is 0.480 e. The van der Waals surface area contributed by atoms with Gasteiger partial charge in [-0.25, -0.2) is 9.59 Å². The molecule has 2 aliphatic rings. The van der Waals surface area contributed by atoms with Crippen molar-refractivity contribution in [3.63, 3.8) is 0 Å². The Morgan fingerprint density at radius 1 is 1.50 bits per heavy atom. The Bertz CT molecular complexity index is 339. The SMILES string of the molecule is CC1OCCC1NC(=O)N1CCSCC1C(=O)O. The lowest BCUT2D eigenvalue weighted by Crippen LogP contribution is -2.56. The van der Waals surface area contributed by atoms with Crippen LogP contribution in [-0.4, -0.2) is 64.9 Å². The molecule has 102 valence electrons. The molecule has 3 unspecified atom stereocenters. The molecule has 0 aromatic carbocycles. The molecule has 7 heteroatoms. The summed E-state index contributed by atoms with van der Waals surface area (Å²) in [5.74, 6) is 0.306. The van der Waals surface area contributed by atoms with E-state index in [1.807, 2.05) is 6.92 Å². The second kappa shape index (κ2) is 5.79. The summed E-state index contributed by atoms with van der Waals surface area (Å²) in [6.07, 6.45) is 0.782. The average Bonchev–Trinajstić information content (AvgIpc) is 2.75. The fourth-order valence-corrected chi connectivity index (χ4v) is 3.25. The van der Waals surface area contributed by atoms with E-state index in [-0.39, 0.29) is 18.2 Å². The maximum atomic E-state index is 12.1. The van der Waals surface area contributed by atoms with Crippen LogP contribution in [0.5, 0.6) is 0 Å². The first-order valence-electron chi connectivity index (χ1n) is 6.09. The third-order valence-corrected chi connectivity index (χ3v) is 4.38. The maximum absolute atomic E-state index is 12.1. The molecule has 2 heterocycles. The van der Waals surface area contributed by atoms with E-state index in [4.69, 9.17) is 9.84 Å². The standard InChI is InChI=1S/C11H18N2O4S/c1-7-8(2-4-17-7)12-11(16)13-3-5-18-6-9(13)10(14)15/h7-9H,2-6H2,1H3,(H,12,16)(H,14,15). The molecule has 6 nitrogen and oxygen atoms in total. The molecule has 2 saturated heterocycles. The van der Waals surface area contributed by atoms with Gasteiger partial charge in [0.25, 0.3) is 0 Å². The molecule has 0 aliphatic carbocycles. The molecule has 0 bridgehead atoms. The van der Waals surface area contributed by atoms with Crippen LogP contribution in [0.3, 0.4) is 0 Å². The molecule has 0 saturated carbocycles. The molecule has 0 aromatic rings. The Kier molecular flexibility index (Phi) is 4.34. The van der Waals surface area contributed by atoms with E-state index in [1.165, 1.54) is 4.90 Å². The zero-order valence-electron chi connectivity index (χ0n) is 10.3. The highest BCUT2D eigenvalue weighted by molar-refractivity contribution is 7.99. The number of rotatable bonds is 2. The first-order chi connectivity index (χ1) is 8.59. The van der Waals surface area contributed by atoms with Crippen LogP contribution in [0.25, 0.3) is 0 Å². The lowest BCUT2D eigenvalue weighted by molar-refractivity contribution is -0.141. The first kappa shape index (κ1) is 13.5. The van der Waals surface area contributed by atoms with Gasteiger partial charge < -0.3 is 20.1 Å². The van der Waals surface area contributed by atoms with Crippen LogP contribution in [0, 0.1) is 0 Å². The Labute approximate surface area is 110 Å². The van der Waals surface area contributed by atoms with Crippen molar-refractivity contribution in [3.05, 3.63) is 0 Å². The van der Waals surface area contributed by atoms with Gasteiger partial charge in [-0.1, -0.05) is 0 Å². The summed E-state index contributed by atoms with van der Waals surface area (Å²) in [7, 11) is 0. The number of nitrogens with zero attached hydrogens (tertiary/aromatic N) is 1. The molecule has 0 spiro atoms. The van der Waals surface area contributed by atoms with Crippen LogP contribution in [0.4, 0.5) is 4.79 Å². The monoisotopic (exact) mass is 274 g/mol. The predicted molar refractivity (Wildman–Crippen MR) is 67.8 cm³/mol. The fourth-order valence-electron chi connectivity index (χ4n) is 2.21. The number of carbonyl (C=O) groups is 2. The minimum atomic E-state index is -0.937. The van der Waals surface area contributed by atoms with Crippen molar-refractivity contribution in [1.29, 1.82) is 0 Å². The van der Waals surface area contributed by atoms with Gasteiger partial charge in [-0.3, -0.25) is 0 Å². The van der Waals surface area contributed by atoms with Gasteiger partial charge in [0.1, 0.15) is 6.04 Å². The molecule has 18 heavy (non-hydrogen) atoms. The van der Waals surface area contributed by atoms with Gasteiger partial charge in [-0.05, 0) is 13.3 Å². The van der Waals surface area contributed by atoms with Crippen molar-refractivity contribution in [2.75, 3.05) is 24.7 Å². The van der Waals surface area contributed by atoms with E-state index in [0.29, 0.717) is 18.9 Å². The zero-order chi connectivity index (χ0) is 13.1. The second-order valence-electron chi connectivity index (χ2n) is 4.54. The predicted octanol–water partition coefficient (Wildman–Crippen LogP) is 0.375. The van der Waals surface area contributed by atoms with Gasteiger partial charge >= 0.3 is 12.0 Å². The molecule has 2 N–H and O–H groups in total. The van der Waals surface area contributed by atoms with Gasteiger partial charge in [0, 0.05) is 24.7 Å². The van der Waals surface area contributed by atoms with Gasteiger partial charge in [-0.2, -0.15) is 11.8 Å². The van der Waals surface area contributed by atoms with Gasteiger partial charge in [0.15, 0.2) is 0 Å². The van der Waals surface area contributed by atoms with Crippen molar-refractivity contribution in [1.82, 2.24) is 10.2 Å².